The Labute approximate surface area is 147 Å². The van der Waals surface area contributed by atoms with E-state index in [0.29, 0.717) is 0 Å². The number of carbonyl (C=O) groups is 2. The summed E-state index contributed by atoms with van der Waals surface area (Å²) in [5.41, 5.74) is 1.16. The maximum atomic E-state index is 12.7. The molecule has 2 atom stereocenters. The van der Waals surface area contributed by atoms with Crippen molar-refractivity contribution in [3.8, 4) is 0 Å². The van der Waals surface area contributed by atoms with Gasteiger partial charge >= 0.3 is 5.97 Å². The van der Waals surface area contributed by atoms with Crippen molar-refractivity contribution < 1.29 is 14.3 Å². The lowest BCUT2D eigenvalue weighted by atomic mass is 9.95. The van der Waals surface area contributed by atoms with E-state index in [0.717, 1.165) is 50.6 Å². The molecular formula is C19H25NO3S. The maximum Gasteiger partial charge on any atom is 0.331 e. The van der Waals surface area contributed by atoms with Crippen molar-refractivity contribution in [1.82, 2.24) is 4.90 Å². The molecule has 1 aromatic heterocycles. The van der Waals surface area contributed by atoms with Gasteiger partial charge in [0.1, 0.15) is 0 Å². The number of rotatable bonds is 4. The standard InChI is InChI=1S/C19H25NO3S/c1-14(23-18(21)13-15-7-3-2-4-8-15)19(22)20-11-5-9-16(20)17-10-6-12-24-17/h6,10,12-14,16H,2-5,7-9,11H2,1H3. The zero-order valence-electron chi connectivity index (χ0n) is 14.2. The molecule has 0 bridgehead atoms. The molecule has 1 aliphatic carbocycles. The normalized spacial score (nSPS) is 22.3. The molecule has 1 aliphatic heterocycles. The van der Waals surface area contributed by atoms with Gasteiger partial charge in [-0.05, 0) is 56.9 Å². The van der Waals surface area contributed by atoms with Crippen LogP contribution in [0.5, 0.6) is 0 Å². The number of carbonyl (C=O) groups excluding carboxylic acids is 2. The third-order valence-electron chi connectivity index (χ3n) is 4.87. The van der Waals surface area contributed by atoms with Gasteiger partial charge in [0, 0.05) is 17.5 Å². The molecule has 1 aromatic rings. The minimum Gasteiger partial charge on any atom is -0.449 e. The number of hydrogen-bond donors (Lipinski definition) is 0. The van der Waals surface area contributed by atoms with E-state index in [1.54, 1.807) is 24.3 Å². The number of thiophene rings is 1. The van der Waals surface area contributed by atoms with Crippen LogP contribution >= 0.6 is 11.3 Å². The Morgan fingerprint density at radius 1 is 1.29 bits per heavy atom. The van der Waals surface area contributed by atoms with E-state index in [1.165, 1.54) is 11.3 Å². The summed E-state index contributed by atoms with van der Waals surface area (Å²) in [6, 6.07) is 4.22. The van der Waals surface area contributed by atoms with E-state index in [4.69, 9.17) is 4.74 Å². The molecule has 2 fully saturated rings. The van der Waals surface area contributed by atoms with Crippen molar-refractivity contribution in [3.05, 3.63) is 34.0 Å². The summed E-state index contributed by atoms with van der Waals surface area (Å²) in [4.78, 5) is 27.9. The van der Waals surface area contributed by atoms with Gasteiger partial charge in [-0.1, -0.05) is 18.1 Å². The Morgan fingerprint density at radius 2 is 2.08 bits per heavy atom. The van der Waals surface area contributed by atoms with E-state index in [2.05, 4.69) is 6.07 Å². The summed E-state index contributed by atoms with van der Waals surface area (Å²) < 4.78 is 5.39. The van der Waals surface area contributed by atoms with Crippen molar-refractivity contribution in [2.75, 3.05) is 6.54 Å². The van der Waals surface area contributed by atoms with E-state index in [1.807, 2.05) is 16.3 Å². The van der Waals surface area contributed by atoms with Gasteiger partial charge < -0.3 is 9.64 Å². The fourth-order valence-corrected chi connectivity index (χ4v) is 4.49. The predicted molar refractivity (Wildman–Crippen MR) is 94.7 cm³/mol. The first-order valence-corrected chi connectivity index (χ1v) is 9.77. The number of amides is 1. The summed E-state index contributed by atoms with van der Waals surface area (Å²) in [5, 5.41) is 2.04. The number of ether oxygens (including phenoxy) is 1. The molecule has 1 amide bonds. The molecule has 0 radical (unpaired) electrons. The van der Waals surface area contributed by atoms with Gasteiger partial charge in [-0.25, -0.2) is 4.79 Å². The first-order valence-electron chi connectivity index (χ1n) is 8.89. The second-order valence-corrected chi connectivity index (χ2v) is 7.63. The SMILES string of the molecule is CC(OC(=O)C=C1CCCCC1)C(=O)N1CCCC1c1cccs1. The zero-order valence-corrected chi connectivity index (χ0v) is 15.0. The van der Waals surface area contributed by atoms with Crippen LogP contribution in [0.15, 0.2) is 29.2 Å². The summed E-state index contributed by atoms with van der Waals surface area (Å²) >= 11 is 1.68. The molecule has 2 heterocycles. The molecule has 130 valence electrons. The van der Waals surface area contributed by atoms with Crippen molar-refractivity contribution in [1.29, 1.82) is 0 Å². The molecule has 24 heavy (non-hydrogen) atoms. The molecule has 2 aliphatic rings. The molecule has 1 saturated carbocycles. The van der Waals surface area contributed by atoms with Crippen LogP contribution in [0.2, 0.25) is 0 Å². The third kappa shape index (κ3) is 4.07. The predicted octanol–water partition coefficient (Wildman–Crippen LogP) is 4.23. The third-order valence-corrected chi connectivity index (χ3v) is 5.84. The second kappa shape index (κ2) is 7.97. The summed E-state index contributed by atoms with van der Waals surface area (Å²) in [7, 11) is 0. The fraction of sp³-hybridized carbons (Fsp3) is 0.579. The van der Waals surface area contributed by atoms with Crippen LogP contribution < -0.4 is 0 Å². The first kappa shape index (κ1) is 17.2. The van der Waals surface area contributed by atoms with Gasteiger partial charge in [0.15, 0.2) is 6.10 Å². The molecule has 4 nitrogen and oxygen atoms in total. The molecule has 0 N–H and O–H groups in total. The Balaban J connectivity index is 1.58. The smallest absolute Gasteiger partial charge is 0.331 e. The van der Waals surface area contributed by atoms with E-state index in [-0.39, 0.29) is 17.9 Å². The highest BCUT2D eigenvalue weighted by atomic mass is 32.1. The highest BCUT2D eigenvalue weighted by Gasteiger charge is 2.34. The highest BCUT2D eigenvalue weighted by Crippen LogP contribution is 2.35. The lowest BCUT2D eigenvalue weighted by Gasteiger charge is -2.26. The number of allylic oxidation sites excluding steroid dienone is 1. The van der Waals surface area contributed by atoms with Crippen LogP contribution in [0.4, 0.5) is 0 Å². The van der Waals surface area contributed by atoms with Gasteiger partial charge in [-0.15, -0.1) is 11.3 Å². The lowest BCUT2D eigenvalue weighted by Crippen LogP contribution is -2.39. The Morgan fingerprint density at radius 3 is 2.79 bits per heavy atom. The topological polar surface area (TPSA) is 46.6 Å². The largest absolute Gasteiger partial charge is 0.449 e. The average Bonchev–Trinajstić information content (AvgIpc) is 3.25. The minimum atomic E-state index is -0.724. The molecule has 3 rings (SSSR count). The highest BCUT2D eigenvalue weighted by molar-refractivity contribution is 7.10. The number of hydrogen-bond acceptors (Lipinski definition) is 4. The minimum absolute atomic E-state index is 0.0821. The fourth-order valence-electron chi connectivity index (χ4n) is 3.62. The molecule has 0 aromatic carbocycles. The second-order valence-electron chi connectivity index (χ2n) is 6.65. The van der Waals surface area contributed by atoms with Gasteiger partial charge in [0.05, 0.1) is 6.04 Å². The van der Waals surface area contributed by atoms with Crippen LogP contribution in [0.3, 0.4) is 0 Å². The maximum absolute atomic E-state index is 12.7. The van der Waals surface area contributed by atoms with Crippen LogP contribution in [0.25, 0.3) is 0 Å². The van der Waals surface area contributed by atoms with E-state index < -0.39 is 6.10 Å². The van der Waals surface area contributed by atoms with E-state index in [9.17, 15) is 9.59 Å². The summed E-state index contributed by atoms with van der Waals surface area (Å²) in [6.45, 7) is 2.42. The van der Waals surface area contributed by atoms with Crippen molar-refractivity contribution >= 4 is 23.2 Å². The Hall–Kier alpha value is -1.62. The average molecular weight is 347 g/mol. The number of esters is 1. The molecule has 0 spiro atoms. The molecular weight excluding hydrogens is 322 g/mol. The van der Waals surface area contributed by atoms with Crippen LogP contribution in [0, 0.1) is 0 Å². The van der Waals surface area contributed by atoms with Crippen LogP contribution in [-0.4, -0.2) is 29.4 Å². The zero-order chi connectivity index (χ0) is 16.9. The van der Waals surface area contributed by atoms with Gasteiger partial charge in [-0.3, -0.25) is 4.79 Å². The molecule has 5 heteroatoms. The molecule has 2 unspecified atom stereocenters. The Bertz CT molecular complexity index is 600. The van der Waals surface area contributed by atoms with Gasteiger partial charge in [-0.2, -0.15) is 0 Å². The lowest BCUT2D eigenvalue weighted by molar-refractivity contribution is -0.155. The van der Waals surface area contributed by atoms with Crippen LogP contribution in [-0.2, 0) is 14.3 Å². The van der Waals surface area contributed by atoms with Gasteiger partial charge in [0.25, 0.3) is 5.91 Å². The van der Waals surface area contributed by atoms with E-state index >= 15 is 0 Å². The molecule has 1 saturated heterocycles. The van der Waals surface area contributed by atoms with Gasteiger partial charge in [0.2, 0.25) is 0 Å². The van der Waals surface area contributed by atoms with Crippen molar-refractivity contribution in [2.45, 2.75) is 64.0 Å². The quantitative estimate of drug-likeness (QED) is 0.605. The van der Waals surface area contributed by atoms with Crippen molar-refractivity contribution in [3.63, 3.8) is 0 Å². The van der Waals surface area contributed by atoms with Crippen LogP contribution in [0.1, 0.15) is 62.8 Å². The number of nitrogens with zero attached hydrogens (tertiary/aromatic N) is 1. The Kier molecular flexibility index (Phi) is 5.72. The van der Waals surface area contributed by atoms with Crippen molar-refractivity contribution in [2.24, 2.45) is 0 Å². The number of likely N-dealkylation sites (tertiary alicyclic amines) is 1. The summed E-state index contributed by atoms with van der Waals surface area (Å²) in [6.07, 6.45) is 8.33. The first-order chi connectivity index (χ1) is 11.6. The summed E-state index contributed by atoms with van der Waals surface area (Å²) in [5.74, 6) is -0.457. The monoisotopic (exact) mass is 347 g/mol.